The second kappa shape index (κ2) is 34.0. The Bertz CT molecular complexity index is 9410. The summed E-state index contributed by atoms with van der Waals surface area (Å²) in [4.78, 5) is 8.07. The molecule has 0 radical (unpaired) electrons. The van der Waals surface area contributed by atoms with Crippen LogP contribution in [0.4, 0.5) is 34.1 Å². The molecule has 19 aromatic carbocycles. The zero-order valence-electron chi connectivity index (χ0n) is 82.6. The van der Waals surface area contributed by atoms with Crippen LogP contribution in [0.2, 0.25) is 0 Å². The summed E-state index contributed by atoms with van der Waals surface area (Å²) in [6, 6.07) is 140. The lowest BCUT2D eigenvalue weighted by molar-refractivity contribution is -0.00518. The van der Waals surface area contributed by atoms with Gasteiger partial charge in [-0.05, 0) is 332 Å². The van der Waals surface area contributed by atoms with Crippen LogP contribution in [0.1, 0.15) is 157 Å². The molecule has 0 saturated heterocycles. The fourth-order valence-corrected chi connectivity index (χ4v) is 31.3. The Morgan fingerprint density at radius 1 is 0.218 bits per heavy atom. The summed E-state index contributed by atoms with van der Waals surface area (Å²) in [5.74, 6) is 6.42. The van der Waals surface area contributed by atoms with E-state index >= 15 is 0 Å². The van der Waals surface area contributed by atoms with Crippen molar-refractivity contribution in [2.75, 3.05) is 14.7 Å². The fraction of sp³-hybridized carbons (Fsp3) is 0.232. The van der Waals surface area contributed by atoms with Gasteiger partial charge in [-0.3, -0.25) is 0 Å². The molecule has 10 aliphatic carbocycles. The maximum atomic E-state index is 6.95. The minimum Gasteiger partial charge on any atom is -0.455 e. The molecule has 10 aliphatic rings. The van der Waals surface area contributed by atoms with Crippen molar-refractivity contribution >= 4 is 209 Å². The quantitative estimate of drug-likeness (QED) is 0.105. The van der Waals surface area contributed by atoms with Gasteiger partial charge in [0, 0.05) is 82.9 Å². The summed E-state index contributed by atoms with van der Waals surface area (Å²) in [5.41, 5.74) is 25.3. The third kappa shape index (κ3) is 14.0. The SMILES string of the molecule is c1ccc(C2CCC(N(c3cc4c5ccccc5oc4c4c3oc3ccccc34)C3CCC(c4ccccc4)CC3)CC2)cc1.c1ccc2c(-c3ccc(N(c4ccc(C56CC7CC(CC(C7)C5)C6)cc4)c4cc5c6ccccc6oc5c5c4oc4ccccc45)c4ccccc34)cccc2c1.c1ccc2c(c1)ccc1cc(N(c3cc4c5ccccc5oc4c4c3oc3ccccc34)C34CC5CC(CC(C5)C3)C4)ccc12. The molecule has 147 heavy (non-hydrogen) atoms. The molecule has 9 heteroatoms. The number of fused-ring (bicyclic) bond motifs is 26. The Kier molecular flexibility index (Phi) is 19.9. The van der Waals surface area contributed by atoms with Crippen LogP contribution < -0.4 is 14.7 Å². The van der Waals surface area contributed by atoms with Gasteiger partial charge in [-0.1, -0.05) is 297 Å². The molecule has 0 aliphatic heterocycles. The zero-order chi connectivity index (χ0) is 96.3. The number of rotatable bonds is 13. The van der Waals surface area contributed by atoms with Gasteiger partial charge in [-0.2, -0.15) is 0 Å². The van der Waals surface area contributed by atoms with Crippen LogP contribution >= 0.6 is 0 Å². The van der Waals surface area contributed by atoms with Crippen LogP contribution in [0.15, 0.2) is 409 Å². The first-order chi connectivity index (χ1) is 72.7. The predicted molar refractivity (Wildman–Crippen MR) is 608 cm³/mol. The molecule has 10 fully saturated rings. The summed E-state index contributed by atoms with van der Waals surface area (Å²) >= 11 is 0. The van der Waals surface area contributed by atoms with Crippen LogP contribution in [-0.2, 0) is 5.41 Å². The third-order valence-corrected chi connectivity index (χ3v) is 36.9. The molecule has 9 nitrogen and oxygen atoms in total. The van der Waals surface area contributed by atoms with Crippen molar-refractivity contribution in [2.24, 2.45) is 35.5 Å². The predicted octanol–water partition coefficient (Wildman–Crippen LogP) is 39.0. The smallest absolute Gasteiger partial charge is 0.163 e. The number of hydrogen-bond donors (Lipinski definition) is 0. The molecule has 6 heterocycles. The lowest BCUT2D eigenvalue weighted by Crippen LogP contribution is -2.58. The summed E-state index contributed by atoms with van der Waals surface area (Å²) in [6.07, 6.45) is 26.1. The van der Waals surface area contributed by atoms with Crippen LogP contribution in [0.25, 0.3) is 186 Å². The van der Waals surface area contributed by atoms with E-state index in [-0.39, 0.29) is 5.54 Å². The van der Waals surface area contributed by atoms with Crippen molar-refractivity contribution in [1.82, 2.24) is 0 Å². The first-order valence-corrected chi connectivity index (χ1v) is 54.5. The van der Waals surface area contributed by atoms with E-state index in [1.807, 2.05) is 0 Å². The molecule has 716 valence electrons. The summed E-state index contributed by atoms with van der Waals surface area (Å²) < 4.78 is 40.6. The highest BCUT2D eigenvalue weighted by atomic mass is 16.4. The average Bonchev–Trinajstić information content (AvgIpc) is 1.67. The molecule has 0 atom stereocenters. The number of furan rings is 6. The first-order valence-electron chi connectivity index (χ1n) is 54.5. The van der Waals surface area contributed by atoms with Gasteiger partial charge in [0.25, 0.3) is 0 Å². The van der Waals surface area contributed by atoms with Gasteiger partial charge in [0.05, 0.1) is 38.9 Å². The summed E-state index contributed by atoms with van der Waals surface area (Å²) in [7, 11) is 0. The van der Waals surface area contributed by atoms with E-state index < -0.39 is 0 Å². The van der Waals surface area contributed by atoms with E-state index in [0.717, 1.165) is 168 Å². The molecule has 0 N–H and O–H groups in total. The van der Waals surface area contributed by atoms with E-state index in [0.29, 0.717) is 29.3 Å². The van der Waals surface area contributed by atoms with E-state index in [1.54, 1.807) is 0 Å². The molecule has 0 spiro atoms. The lowest BCUT2D eigenvalue weighted by atomic mass is 9.48. The van der Waals surface area contributed by atoms with Crippen molar-refractivity contribution in [1.29, 1.82) is 0 Å². The second-order valence-electron chi connectivity index (χ2n) is 45.2. The molecule has 35 rings (SSSR count). The Labute approximate surface area is 852 Å². The summed E-state index contributed by atoms with van der Waals surface area (Å²) in [6.45, 7) is 0. The van der Waals surface area contributed by atoms with Gasteiger partial charge in [-0.25, -0.2) is 0 Å². The van der Waals surface area contributed by atoms with Gasteiger partial charge in [0.2, 0.25) is 0 Å². The van der Waals surface area contributed by atoms with E-state index in [9.17, 15) is 0 Å². The normalized spacial score (nSPS) is 22.6. The van der Waals surface area contributed by atoms with Crippen molar-refractivity contribution in [2.45, 2.75) is 163 Å². The maximum Gasteiger partial charge on any atom is 0.163 e. The molecule has 10 saturated carbocycles. The Morgan fingerprint density at radius 3 is 1.07 bits per heavy atom. The van der Waals surface area contributed by atoms with Gasteiger partial charge >= 0.3 is 0 Å². The van der Waals surface area contributed by atoms with E-state index in [1.165, 1.54) is 233 Å². The van der Waals surface area contributed by atoms with Gasteiger partial charge < -0.3 is 41.2 Å². The minimum atomic E-state index is 0.0679. The number of nitrogens with zero attached hydrogens (tertiary/aromatic N) is 3. The van der Waals surface area contributed by atoms with E-state index in [4.69, 9.17) is 26.5 Å². The molecule has 6 aromatic heterocycles. The molecule has 0 amide bonds. The monoisotopic (exact) mass is 1910 g/mol. The van der Waals surface area contributed by atoms with Gasteiger partial charge in [0.15, 0.2) is 16.7 Å². The number of benzene rings is 19. The largest absolute Gasteiger partial charge is 0.455 e. The van der Waals surface area contributed by atoms with Gasteiger partial charge in [0.1, 0.15) is 50.2 Å². The second-order valence-corrected chi connectivity index (χ2v) is 45.2. The first kappa shape index (κ1) is 85.8. The third-order valence-electron chi connectivity index (χ3n) is 36.9. The van der Waals surface area contributed by atoms with Gasteiger partial charge in [-0.15, -0.1) is 0 Å². The molecular formula is C138H113N3O6. The van der Waals surface area contributed by atoms with Crippen molar-refractivity contribution < 1.29 is 26.5 Å². The fourth-order valence-electron chi connectivity index (χ4n) is 31.3. The van der Waals surface area contributed by atoms with Crippen molar-refractivity contribution in [3.8, 4) is 11.1 Å². The summed E-state index contributed by atoms with van der Waals surface area (Å²) in [5, 5.41) is 23.6. The highest BCUT2D eigenvalue weighted by molar-refractivity contribution is 6.29. The molecule has 25 aromatic rings. The van der Waals surface area contributed by atoms with Crippen LogP contribution in [-0.4, -0.2) is 17.6 Å². The highest BCUT2D eigenvalue weighted by Gasteiger charge is 2.56. The van der Waals surface area contributed by atoms with Crippen LogP contribution in [0.3, 0.4) is 0 Å². The Balaban J connectivity index is 0.000000101. The standard InChI is InChI=1S/C54H41NO2.C42H33NO2.C42H39NO2/c1-2-12-39-36(10-1)11-9-17-40(39)42-24-25-47(43-14-4-3-13-41(42)43)55(38-22-20-37(21-23-38)54-30-33-26-34(31-54)28-35(27-33)32-54)48-29-46-44-15-5-7-18-49(44)56-52(46)51-45-16-6-8-19-50(45)57-53(48)51;1-2-8-31-28(7-1)13-14-29-20-30(15-16-32(29)31)43(42-22-25-17-26(23-42)19-27(18-25)24-42)36-21-35-33-9-3-5-11-37(33)44-40(35)39-34-10-4-6-12-38(34)45-41(36)39;1-3-11-28(12-4-1)30-19-23-32(24-20-30)43(33-25-21-31(22-26-33)29-13-5-2-6-14-29)37-27-36-34-15-7-9-17-38(34)44-41(36)40-35-16-8-10-18-39(35)45-42(37)40/h1-25,29,33-35H,26-28,30-32H2;1-16,20-21,25-27H,17-19,22-24H2;1-18,27,30-33H,19-26H2. The molecular weight excluding hydrogens is 1800 g/mol. The average molecular weight is 1910 g/mol. The number of hydrogen-bond acceptors (Lipinski definition) is 9. The van der Waals surface area contributed by atoms with Crippen LogP contribution in [0.5, 0.6) is 0 Å². The maximum absolute atomic E-state index is 6.95. The minimum absolute atomic E-state index is 0.0679. The number of para-hydroxylation sites is 6. The molecule has 8 bridgehead atoms. The van der Waals surface area contributed by atoms with Crippen LogP contribution in [0, 0.1) is 35.5 Å². The zero-order valence-corrected chi connectivity index (χ0v) is 82.6. The highest BCUT2D eigenvalue weighted by Crippen LogP contribution is 2.65. The lowest BCUT2D eigenvalue weighted by Gasteiger charge is -2.61. The van der Waals surface area contributed by atoms with Crippen molar-refractivity contribution in [3.63, 3.8) is 0 Å². The Morgan fingerprint density at radius 2 is 0.571 bits per heavy atom. The topological polar surface area (TPSA) is 88.6 Å². The van der Waals surface area contributed by atoms with Crippen molar-refractivity contribution in [3.05, 3.63) is 399 Å². The molecule has 0 unspecified atom stereocenters. The number of anilines is 6. The van der Waals surface area contributed by atoms with E-state index in [2.05, 4.69) is 397 Å². The Hall–Kier alpha value is -15.6.